The molecule has 0 bridgehead atoms. The predicted molar refractivity (Wildman–Crippen MR) is 166 cm³/mol. The van der Waals surface area contributed by atoms with Crippen LogP contribution in [0.1, 0.15) is 20.7 Å². The minimum atomic E-state index is -4.62. The molecule has 0 saturated heterocycles. The Morgan fingerprint density at radius 3 is 1.28 bits per heavy atom. The SMILES string of the molecule is O=C(O)c1ccc2cc(Nc3nc(Nc4ccc(S(=O)(=O)[O-])cc4)nc(Nc4ccc5cc(C(=O)O)ccc5c4)n3)ccc2c1.[Na+]. The van der Waals surface area contributed by atoms with E-state index < -0.39 is 22.1 Å². The average Bonchev–Trinajstić information content (AvgIpc) is 3.00. The summed E-state index contributed by atoms with van der Waals surface area (Å²) < 4.78 is 34.0. The molecule has 0 unspecified atom stereocenters. The van der Waals surface area contributed by atoms with Crippen molar-refractivity contribution in [2.45, 2.75) is 4.90 Å². The molecule has 0 aliphatic heterocycles. The van der Waals surface area contributed by atoms with E-state index in [1.807, 2.05) is 12.1 Å². The number of benzene rings is 5. The monoisotopic (exact) mass is 644 g/mol. The van der Waals surface area contributed by atoms with Gasteiger partial charge in [0.1, 0.15) is 10.1 Å². The molecular weight excluding hydrogens is 623 g/mol. The number of carbonyl (C=O) groups is 2. The van der Waals surface area contributed by atoms with Crippen molar-refractivity contribution in [1.82, 2.24) is 15.0 Å². The minimum absolute atomic E-state index is 0. The van der Waals surface area contributed by atoms with Gasteiger partial charge in [-0.05, 0) is 94.3 Å². The van der Waals surface area contributed by atoms with Crippen LogP contribution < -0.4 is 45.5 Å². The van der Waals surface area contributed by atoms with E-state index in [-0.39, 0.29) is 63.4 Å². The summed E-state index contributed by atoms with van der Waals surface area (Å²) in [4.78, 5) is 35.6. The van der Waals surface area contributed by atoms with E-state index in [2.05, 4.69) is 30.9 Å². The molecule has 15 heteroatoms. The van der Waals surface area contributed by atoms with E-state index in [1.54, 1.807) is 48.5 Å². The zero-order valence-corrected chi connectivity index (χ0v) is 26.7. The summed E-state index contributed by atoms with van der Waals surface area (Å²) in [5.74, 6) is -1.68. The van der Waals surface area contributed by atoms with Gasteiger partial charge in [-0.3, -0.25) is 0 Å². The molecule has 0 radical (unpaired) electrons. The number of rotatable bonds is 9. The molecule has 0 spiro atoms. The Morgan fingerprint density at radius 2 is 0.891 bits per heavy atom. The van der Waals surface area contributed by atoms with Crippen molar-refractivity contribution in [1.29, 1.82) is 0 Å². The third-order valence-electron chi connectivity index (χ3n) is 6.72. The second-order valence-corrected chi connectivity index (χ2v) is 11.2. The first kappa shape index (κ1) is 32.3. The zero-order chi connectivity index (χ0) is 31.7. The Bertz CT molecular complexity index is 2130. The fourth-order valence-electron chi connectivity index (χ4n) is 4.55. The minimum Gasteiger partial charge on any atom is -0.744 e. The van der Waals surface area contributed by atoms with Crippen LogP contribution in [0.4, 0.5) is 34.9 Å². The van der Waals surface area contributed by atoms with Gasteiger partial charge in [0, 0.05) is 17.1 Å². The molecule has 6 aromatic rings. The average molecular weight is 645 g/mol. The second-order valence-electron chi connectivity index (χ2n) is 9.82. The topological polar surface area (TPSA) is 207 Å². The number of nitrogens with zero attached hydrogens (tertiary/aromatic N) is 3. The molecule has 6 rings (SSSR count). The molecule has 0 atom stereocenters. The van der Waals surface area contributed by atoms with Crippen molar-refractivity contribution < 1.29 is 62.3 Å². The molecule has 1 heterocycles. The largest absolute Gasteiger partial charge is 1.00 e. The number of aromatic carboxylic acids is 2. The van der Waals surface area contributed by atoms with Gasteiger partial charge in [0.05, 0.1) is 16.0 Å². The summed E-state index contributed by atoms with van der Waals surface area (Å²) in [6, 6.07) is 25.3. The third kappa shape index (κ3) is 7.39. The van der Waals surface area contributed by atoms with Crippen LogP contribution in [0.3, 0.4) is 0 Å². The van der Waals surface area contributed by atoms with Gasteiger partial charge in [0.15, 0.2) is 0 Å². The molecular formula is C31H21N6NaO7S. The van der Waals surface area contributed by atoms with Crippen molar-refractivity contribution in [3.63, 3.8) is 0 Å². The molecule has 0 saturated carbocycles. The number of carboxylic acids is 2. The molecule has 5 aromatic carbocycles. The number of hydrogen-bond donors (Lipinski definition) is 5. The van der Waals surface area contributed by atoms with Crippen molar-refractivity contribution >= 4 is 78.5 Å². The van der Waals surface area contributed by atoms with E-state index in [0.717, 1.165) is 21.5 Å². The van der Waals surface area contributed by atoms with Crippen molar-refractivity contribution in [3.05, 3.63) is 108 Å². The molecule has 0 amide bonds. The fourth-order valence-corrected chi connectivity index (χ4v) is 5.02. The fraction of sp³-hybridized carbons (Fsp3) is 0. The van der Waals surface area contributed by atoms with E-state index in [0.29, 0.717) is 17.1 Å². The molecule has 0 aliphatic carbocycles. The number of fused-ring (bicyclic) bond motifs is 2. The number of carboxylic acid groups (broad SMARTS) is 2. The zero-order valence-electron chi connectivity index (χ0n) is 23.9. The first-order valence-electron chi connectivity index (χ1n) is 13.2. The maximum Gasteiger partial charge on any atom is 1.00 e. The summed E-state index contributed by atoms with van der Waals surface area (Å²) >= 11 is 0. The van der Waals surface area contributed by atoms with Crippen LogP contribution in [-0.2, 0) is 10.1 Å². The van der Waals surface area contributed by atoms with Gasteiger partial charge in [0.2, 0.25) is 17.8 Å². The van der Waals surface area contributed by atoms with Crippen LogP contribution >= 0.6 is 0 Å². The van der Waals surface area contributed by atoms with Crippen LogP contribution in [0.15, 0.2) is 102 Å². The van der Waals surface area contributed by atoms with Gasteiger partial charge < -0.3 is 30.7 Å². The predicted octanol–water partition coefficient (Wildman–Crippen LogP) is 2.71. The van der Waals surface area contributed by atoms with Crippen LogP contribution in [0.2, 0.25) is 0 Å². The van der Waals surface area contributed by atoms with Gasteiger partial charge >= 0.3 is 41.5 Å². The molecule has 0 fully saturated rings. The summed E-state index contributed by atoms with van der Waals surface area (Å²) in [7, 11) is -4.62. The standard InChI is InChI=1S/C31H22N6O7S.Na/c38-27(39)21-3-1-19-15-24(7-5-17(19)13-21)33-30-35-29(32-23-9-11-26(12-10-23)45(42,43)44)36-31(37-30)34-25-8-6-18-14-22(28(40)41)4-2-20(18)16-25;/h1-16H,(H,38,39)(H,40,41)(H,42,43,44)(H3,32,33,34,35,36,37);/q;+1/p-1. The summed E-state index contributed by atoms with van der Waals surface area (Å²) in [6.45, 7) is 0. The summed E-state index contributed by atoms with van der Waals surface area (Å²) in [5.41, 5.74) is 1.97. The first-order valence-corrected chi connectivity index (χ1v) is 14.6. The molecule has 224 valence electrons. The quantitative estimate of drug-likeness (QED) is 0.114. The van der Waals surface area contributed by atoms with Crippen LogP contribution in [-0.4, -0.2) is 50.1 Å². The molecule has 13 nitrogen and oxygen atoms in total. The smallest absolute Gasteiger partial charge is 0.744 e. The molecule has 0 aliphatic rings. The number of aromatic nitrogens is 3. The summed E-state index contributed by atoms with van der Waals surface area (Å²) in [6.07, 6.45) is 0. The maximum absolute atomic E-state index is 11.3. The van der Waals surface area contributed by atoms with Crippen LogP contribution in [0, 0.1) is 0 Å². The second kappa shape index (κ2) is 13.1. The van der Waals surface area contributed by atoms with E-state index in [1.165, 1.54) is 36.4 Å². The first-order chi connectivity index (χ1) is 21.5. The Kier molecular flexibility index (Phi) is 9.18. The summed E-state index contributed by atoms with van der Waals surface area (Å²) in [5, 5.41) is 30.8. The van der Waals surface area contributed by atoms with Gasteiger partial charge in [-0.15, -0.1) is 0 Å². The van der Waals surface area contributed by atoms with Gasteiger partial charge in [-0.2, -0.15) is 15.0 Å². The van der Waals surface area contributed by atoms with Crippen LogP contribution in [0.25, 0.3) is 21.5 Å². The maximum atomic E-state index is 11.3. The van der Waals surface area contributed by atoms with E-state index >= 15 is 0 Å². The van der Waals surface area contributed by atoms with E-state index in [9.17, 15) is 32.8 Å². The van der Waals surface area contributed by atoms with Crippen LogP contribution in [0.5, 0.6) is 0 Å². The number of anilines is 6. The van der Waals surface area contributed by atoms with Gasteiger partial charge in [-0.25, -0.2) is 18.0 Å². The van der Waals surface area contributed by atoms with Crippen molar-refractivity contribution in [2.24, 2.45) is 0 Å². The Balaban J connectivity index is 0.00000417. The van der Waals surface area contributed by atoms with E-state index in [4.69, 9.17) is 0 Å². The third-order valence-corrected chi connectivity index (χ3v) is 7.57. The molecule has 1 aromatic heterocycles. The van der Waals surface area contributed by atoms with Crippen molar-refractivity contribution in [2.75, 3.05) is 16.0 Å². The number of nitrogens with one attached hydrogen (secondary N) is 3. The van der Waals surface area contributed by atoms with Gasteiger partial charge in [0.25, 0.3) is 0 Å². The normalized spacial score (nSPS) is 11.1. The Labute approximate surface area is 283 Å². The molecule has 46 heavy (non-hydrogen) atoms. The number of hydrogen-bond acceptors (Lipinski definition) is 11. The Morgan fingerprint density at radius 1 is 0.543 bits per heavy atom. The molecule has 5 N–H and O–H groups in total. The Hall–Kier alpha value is -5.12. The van der Waals surface area contributed by atoms with Crippen molar-refractivity contribution in [3.8, 4) is 0 Å². The van der Waals surface area contributed by atoms with Gasteiger partial charge in [-0.1, -0.05) is 24.3 Å².